The third kappa shape index (κ3) is 17.7. The van der Waals surface area contributed by atoms with Crippen molar-refractivity contribution in [2.24, 2.45) is 29.6 Å². The van der Waals surface area contributed by atoms with Gasteiger partial charge in [-0.05, 0) is 69.1 Å². The summed E-state index contributed by atoms with van der Waals surface area (Å²) >= 11 is 0. The Morgan fingerprint density at radius 3 is 1.38 bits per heavy atom. The van der Waals surface area contributed by atoms with Gasteiger partial charge in [0, 0.05) is 41.7 Å². The Morgan fingerprint density at radius 1 is 0.466 bits per heavy atom. The molecule has 8 amide bonds. The van der Waals surface area contributed by atoms with Crippen LogP contribution in [-0.4, -0.2) is 145 Å². The van der Waals surface area contributed by atoms with Crippen molar-refractivity contribution in [3.8, 4) is 0 Å². The summed E-state index contributed by atoms with van der Waals surface area (Å²) in [6.07, 6.45) is 1.86. The summed E-state index contributed by atoms with van der Waals surface area (Å²) in [6, 6.07) is -5.82. The van der Waals surface area contributed by atoms with Gasteiger partial charge in [-0.15, -0.1) is 0 Å². The van der Waals surface area contributed by atoms with Crippen molar-refractivity contribution in [3.05, 3.63) is 0 Å². The molecule has 4 N–H and O–H groups in total. The van der Waals surface area contributed by atoms with Crippen LogP contribution in [0.1, 0.15) is 115 Å². The van der Waals surface area contributed by atoms with Gasteiger partial charge in [0.2, 0.25) is 47.3 Å². The van der Waals surface area contributed by atoms with Crippen molar-refractivity contribution in [3.63, 3.8) is 0 Å². The monoisotopic (exact) mass is 823 g/mol. The summed E-state index contributed by atoms with van der Waals surface area (Å²) in [4.78, 5) is 112. The highest BCUT2D eigenvalue weighted by Crippen LogP contribution is 2.18. The van der Waals surface area contributed by atoms with Gasteiger partial charge in [-0.25, -0.2) is 0 Å². The zero-order chi connectivity index (χ0) is 45.4. The minimum absolute atomic E-state index is 0.0110. The Morgan fingerprint density at radius 2 is 0.931 bits per heavy atom. The molecule has 0 aliphatic carbocycles. The Kier molecular flexibility index (Phi) is 23.4. The third-order valence-corrected chi connectivity index (χ3v) is 10.1. The van der Waals surface area contributed by atoms with Crippen molar-refractivity contribution in [2.45, 2.75) is 151 Å². The maximum Gasteiger partial charge on any atom is 0.245 e. The summed E-state index contributed by atoms with van der Waals surface area (Å²) in [5.41, 5.74) is 0. The lowest BCUT2D eigenvalue weighted by molar-refractivity contribution is -0.146. The molecule has 0 saturated heterocycles. The molecule has 0 spiro atoms. The zero-order valence-electron chi connectivity index (χ0n) is 38.6. The van der Waals surface area contributed by atoms with E-state index in [0.29, 0.717) is 19.3 Å². The van der Waals surface area contributed by atoms with E-state index in [-0.39, 0.29) is 54.9 Å². The van der Waals surface area contributed by atoms with E-state index in [1.54, 1.807) is 20.9 Å². The smallest absolute Gasteiger partial charge is 0.245 e. The van der Waals surface area contributed by atoms with Gasteiger partial charge in [-0.3, -0.25) is 38.4 Å². The fraction of sp³-hybridized carbons (Fsp3) is 0.810. The lowest BCUT2D eigenvalue weighted by Crippen LogP contribution is -2.60. The van der Waals surface area contributed by atoms with Gasteiger partial charge in [-0.2, -0.15) is 0 Å². The molecule has 0 aliphatic rings. The molecule has 0 bridgehead atoms. The third-order valence-electron chi connectivity index (χ3n) is 10.1. The Labute approximate surface area is 348 Å². The number of likely N-dealkylation sites (N-methyl/N-ethyl adjacent to an activating group) is 5. The number of hydrogen-bond acceptors (Lipinski definition) is 8. The molecule has 0 heterocycles. The molecule has 0 rings (SSSR count). The highest BCUT2D eigenvalue weighted by molar-refractivity contribution is 5.97. The number of nitrogens with zero attached hydrogens (tertiary/aromatic N) is 4. The quantitative estimate of drug-likeness (QED) is 0.114. The second kappa shape index (κ2) is 25.3. The van der Waals surface area contributed by atoms with Gasteiger partial charge in [-0.1, -0.05) is 69.2 Å². The minimum atomic E-state index is -1.09. The van der Waals surface area contributed by atoms with Gasteiger partial charge in [0.15, 0.2) is 0 Å². The first kappa shape index (κ1) is 53.8. The number of rotatable bonds is 24. The van der Waals surface area contributed by atoms with E-state index in [4.69, 9.17) is 0 Å². The average molecular weight is 823 g/mol. The minimum Gasteiger partial charge on any atom is -0.357 e. The molecule has 0 radical (unpaired) electrons. The molecule has 16 nitrogen and oxygen atoms in total. The summed E-state index contributed by atoms with van der Waals surface area (Å²) < 4.78 is 0. The average Bonchev–Trinajstić information content (AvgIpc) is 3.12. The number of nitrogens with one attached hydrogen (secondary N) is 4. The van der Waals surface area contributed by atoms with E-state index >= 15 is 0 Å². The summed E-state index contributed by atoms with van der Waals surface area (Å²) in [5, 5.41) is 10.8. The number of amides is 8. The van der Waals surface area contributed by atoms with Gasteiger partial charge in [0.25, 0.3) is 0 Å². The largest absolute Gasteiger partial charge is 0.357 e. The molecule has 0 unspecified atom stereocenters. The van der Waals surface area contributed by atoms with Crippen molar-refractivity contribution in [2.75, 3.05) is 41.8 Å². The molecule has 0 aromatic heterocycles. The van der Waals surface area contributed by atoms with E-state index in [1.165, 1.54) is 61.6 Å². The fourth-order valence-corrected chi connectivity index (χ4v) is 6.39. The van der Waals surface area contributed by atoms with Gasteiger partial charge in [0.05, 0.1) is 6.54 Å². The first-order chi connectivity index (χ1) is 26.7. The number of carbonyl (C=O) groups is 8. The van der Waals surface area contributed by atoms with Gasteiger partial charge in [0.1, 0.15) is 36.3 Å². The lowest BCUT2D eigenvalue weighted by Gasteiger charge is -2.35. The second-order valence-electron chi connectivity index (χ2n) is 17.8. The van der Waals surface area contributed by atoms with Crippen LogP contribution in [0.4, 0.5) is 0 Å². The van der Waals surface area contributed by atoms with Crippen LogP contribution in [-0.2, 0) is 38.4 Å². The molecule has 0 aromatic carbocycles. The van der Waals surface area contributed by atoms with Crippen LogP contribution in [0.2, 0.25) is 0 Å². The van der Waals surface area contributed by atoms with Crippen LogP contribution in [0.5, 0.6) is 0 Å². The van der Waals surface area contributed by atoms with Crippen LogP contribution in [0.15, 0.2) is 0 Å². The summed E-state index contributed by atoms with van der Waals surface area (Å²) in [6.45, 7) is 21.8. The van der Waals surface area contributed by atoms with Crippen molar-refractivity contribution >= 4 is 47.3 Å². The molecule has 0 saturated carbocycles. The second-order valence-corrected chi connectivity index (χ2v) is 17.8. The summed E-state index contributed by atoms with van der Waals surface area (Å²) in [5.74, 6) is -3.61. The fourth-order valence-electron chi connectivity index (χ4n) is 6.39. The molecule has 16 heteroatoms. The van der Waals surface area contributed by atoms with Crippen LogP contribution in [0.25, 0.3) is 0 Å². The first-order valence-electron chi connectivity index (χ1n) is 20.8. The predicted molar refractivity (Wildman–Crippen MR) is 226 cm³/mol. The molecule has 0 aliphatic heterocycles. The van der Waals surface area contributed by atoms with Crippen LogP contribution >= 0.6 is 0 Å². The van der Waals surface area contributed by atoms with Crippen molar-refractivity contribution in [1.82, 2.24) is 40.9 Å². The SMILES string of the molecule is CNC(=O)[C@H](CC(C)C)N(C)C(=O)[C@H](C)NC(=O)[C@@H](C)NC(=O)[C@H](CCC(C)C)N(C)C(=O)[C@H](NC(=O)[C@H](CC(C)C)N(C)C(=O)CN(C)C(=O)CC(C)C)C(C)C. The van der Waals surface area contributed by atoms with Crippen LogP contribution in [0.3, 0.4) is 0 Å². The molecule has 6 atom stereocenters. The van der Waals surface area contributed by atoms with Gasteiger partial charge >= 0.3 is 0 Å². The standard InChI is InChI=1S/C42H78N8O8/c1-24(2)18-19-31(39(55)44-29(11)37(53)45-30(12)41(57)50(17)32(20-25(3)4)38(54)43-13)49(16)42(58)36(28(9)10)46-40(56)33(21-26(5)6)48(15)35(52)23-47(14)34(51)22-27(7)8/h24-33,36H,18-23H2,1-17H3,(H,43,54)(H,44,55)(H,45,53)(H,46,56)/t29-,30+,31+,32+,33+,36-/m1/s1. The van der Waals surface area contributed by atoms with E-state index in [9.17, 15) is 38.4 Å². The Bertz CT molecular complexity index is 1400. The zero-order valence-corrected chi connectivity index (χ0v) is 38.6. The summed E-state index contributed by atoms with van der Waals surface area (Å²) in [7, 11) is 7.56. The Balaban J connectivity index is 6.17. The maximum atomic E-state index is 14.2. The van der Waals surface area contributed by atoms with E-state index in [0.717, 1.165) is 0 Å². The van der Waals surface area contributed by atoms with Crippen LogP contribution < -0.4 is 21.3 Å². The topological polar surface area (TPSA) is 198 Å². The predicted octanol–water partition coefficient (Wildman–Crippen LogP) is 2.40. The first-order valence-corrected chi connectivity index (χ1v) is 20.8. The molecular weight excluding hydrogens is 745 g/mol. The maximum absolute atomic E-state index is 14.2. The van der Waals surface area contributed by atoms with Crippen molar-refractivity contribution in [1.29, 1.82) is 0 Å². The molecular formula is C42H78N8O8. The lowest BCUT2D eigenvalue weighted by atomic mass is 9.97. The highest BCUT2D eigenvalue weighted by atomic mass is 16.2. The van der Waals surface area contributed by atoms with Crippen molar-refractivity contribution < 1.29 is 38.4 Å². The number of hydrogen-bond donors (Lipinski definition) is 4. The van der Waals surface area contributed by atoms with Gasteiger partial charge < -0.3 is 40.9 Å². The van der Waals surface area contributed by atoms with E-state index in [2.05, 4.69) is 21.3 Å². The highest BCUT2D eigenvalue weighted by Gasteiger charge is 2.38. The molecule has 58 heavy (non-hydrogen) atoms. The van der Waals surface area contributed by atoms with E-state index < -0.39 is 77.6 Å². The van der Waals surface area contributed by atoms with E-state index in [1.807, 2.05) is 55.4 Å². The molecule has 0 aromatic rings. The normalized spacial score (nSPS) is 14.6. The molecule has 0 fully saturated rings. The Hall–Kier alpha value is -4.24. The number of carbonyl (C=O) groups excluding carboxylic acids is 8. The van der Waals surface area contributed by atoms with Crippen LogP contribution in [0, 0.1) is 29.6 Å². The molecule has 334 valence electrons.